The van der Waals surface area contributed by atoms with Gasteiger partial charge >= 0.3 is 0 Å². The highest BCUT2D eigenvalue weighted by atomic mass is 79.9. The van der Waals surface area contributed by atoms with Gasteiger partial charge in [-0.25, -0.2) is 0 Å². The van der Waals surface area contributed by atoms with E-state index in [9.17, 15) is 9.59 Å². The molecule has 0 aliphatic heterocycles. The summed E-state index contributed by atoms with van der Waals surface area (Å²) in [4.78, 5) is 24.1. The van der Waals surface area contributed by atoms with Crippen LogP contribution in [0.5, 0.6) is 0 Å². The summed E-state index contributed by atoms with van der Waals surface area (Å²) < 4.78 is 4.85. The first-order valence-electron chi connectivity index (χ1n) is 5.17. The minimum Gasteiger partial charge on any atom is -0.385 e. The Labute approximate surface area is 105 Å². The van der Waals surface area contributed by atoms with Crippen LogP contribution in [0, 0.1) is 0 Å². The quantitative estimate of drug-likeness (QED) is 0.520. The minimum absolute atomic E-state index is 0.0380. The fourth-order valence-electron chi connectivity index (χ4n) is 1.08. The fraction of sp³-hybridized carbons (Fsp3) is 0.800. The second-order valence-electron chi connectivity index (χ2n) is 3.39. The van der Waals surface area contributed by atoms with Crippen LogP contribution in [0.25, 0.3) is 0 Å². The highest BCUT2D eigenvalue weighted by Gasteiger charge is 2.11. The molecule has 6 heteroatoms. The van der Waals surface area contributed by atoms with Crippen molar-refractivity contribution in [2.45, 2.75) is 12.8 Å². The molecular formula is C10H19BrN2O3. The number of carbonyl (C=O) groups excluding carboxylic acids is 2. The molecule has 0 aromatic rings. The summed E-state index contributed by atoms with van der Waals surface area (Å²) in [5, 5.41) is 3.34. The predicted molar refractivity (Wildman–Crippen MR) is 65.6 cm³/mol. The third-order valence-electron chi connectivity index (χ3n) is 1.96. The predicted octanol–water partition coefficient (Wildman–Crippen LogP) is 0.383. The molecule has 1 N–H and O–H groups in total. The van der Waals surface area contributed by atoms with E-state index in [1.807, 2.05) is 0 Å². The molecule has 0 aliphatic carbocycles. The van der Waals surface area contributed by atoms with Gasteiger partial charge < -0.3 is 15.0 Å². The topological polar surface area (TPSA) is 58.6 Å². The summed E-state index contributed by atoms with van der Waals surface area (Å²) in [6, 6.07) is 0. The van der Waals surface area contributed by atoms with E-state index in [4.69, 9.17) is 4.74 Å². The Hall–Kier alpha value is -0.620. The standard InChI is InChI=1S/C10H19BrN2O3/c1-13(10(15)4-5-11)8-9(14)12-6-3-7-16-2/h3-8H2,1-2H3,(H,12,14). The Morgan fingerprint density at radius 2 is 2.12 bits per heavy atom. The first-order chi connectivity index (χ1) is 7.61. The van der Waals surface area contributed by atoms with Crippen LogP contribution in [0.2, 0.25) is 0 Å². The van der Waals surface area contributed by atoms with E-state index < -0.39 is 0 Å². The number of amides is 2. The Morgan fingerprint density at radius 3 is 2.69 bits per heavy atom. The third-order valence-corrected chi connectivity index (χ3v) is 2.36. The lowest BCUT2D eigenvalue weighted by Crippen LogP contribution is -2.38. The van der Waals surface area contributed by atoms with Crippen molar-refractivity contribution in [1.82, 2.24) is 10.2 Å². The number of hydrogen-bond donors (Lipinski definition) is 1. The summed E-state index contributed by atoms with van der Waals surface area (Å²) in [5.74, 6) is -0.176. The maximum atomic E-state index is 11.4. The maximum Gasteiger partial charge on any atom is 0.239 e. The van der Waals surface area contributed by atoms with Crippen LogP contribution in [0.3, 0.4) is 0 Å². The highest BCUT2D eigenvalue weighted by molar-refractivity contribution is 9.09. The molecule has 0 unspecified atom stereocenters. The van der Waals surface area contributed by atoms with Crippen molar-refractivity contribution in [1.29, 1.82) is 0 Å². The molecule has 0 aromatic heterocycles. The smallest absolute Gasteiger partial charge is 0.239 e. The SMILES string of the molecule is COCCCNC(=O)CN(C)C(=O)CCBr. The molecule has 94 valence electrons. The van der Waals surface area contributed by atoms with Crippen LogP contribution >= 0.6 is 15.9 Å². The number of halogens is 1. The number of nitrogens with one attached hydrogen (secondary N) is 1. The molecule has 0 radical (unpaired) electrons. The number of methoxy groups -OCH3 is 1. The lowest BCUT2D eigenvalue weighted by atomic mass is 10.4. The zero-order valence-electron chi connectivity index (χ0n) is 9.79. The Kier molecular flexibility index (Phi) is 9.22. The molecule has 5 nitrogen and oxygen atoms in total. The zero-order valence-corrected chi connectivity index (χ0v) is 11.4. The Bertz CT molecular complexity index is 224. The van der Waals surface area contributed by atoms with E-state index in [2.05, 4.69) is 21.2 Å². The molecule has 0 aromatic carbocycles. The van der Waals surface area contributed by atoms with E-state index in [0.717, 1.165) is 6.42 Å². The summed E-state index contributed by atoms with van der Waals surface area (Å²) in [7, 11) is 3.24. The zero-order chi connectivity index (χ0) is 12.4. The van der Waals surface area contributed by atoms with Gasteiger partial charge in [0.2, 0.25) is 11.8 Å². The van der Waals surface area contributed by atoms with Gasteiger partial charge in [-0.05, 0) is 6.42 Å². The van der Waals surface area contributed by atoms with Crippen LogP contribution in [0.15, 0.2) is 0 Å². The van der Waals surface area contributed by atoms with Gasteiger partial charge in [-0.3, -0.25) is 9.59 Å². The van der Waals surface area contributed by atoms with Crippen molar-refractivity contribution in [3.8, 4) is 0 Å². The molecule has 0 rings (SSSR count). The van der Waals surface area contributed by atoms with Gasteiger partial charge in [-0.1, -0.05) is 15.9 Å². The van der Waals surface area contributed by atoms with Gasteiger partial charge in [0.1, 0.15) is 0 Å². The number of rotatable bonds is 8. The van der Waals surface area contributed by atoms with E-state index >= 15 is 0 Å². The summed E-state index contributed by atoms with van der Waals surface area (Å²) in [5.41, 5.74) is 0. The second-order valence-corrected chi connectivity index (χ2v) is 4.18. The normalized spacial score (nSPS) is 9.94. The molecular weight excluding hydrogens is 276 g/mol. The molecule has 2 amide bonds. The Balaban J connectivity index is 3.65. The first-order valence-corrected chi connectivity index (χ1v) is 6.29. The molecule has 0 bridgehead atoms. The van der Waals surface area contributed by atoms with Crippen molar-refractivity contribution in [2.75, 3.05) is 39.2 Å². The summed E-state index contributed by atoms with van der Waals surface area (Å²) >= 11 is 3.18. The number of carbonyl (C=O) groups is 2. The highest BCUT2D eigenvalue weighted by Crippen LogP contribution is 1.94. The maximum absolute atomic E-state index is 11.4. The van der Waals surface area contributed by atoms with E-state index in [-0.39, 0.29) is 18.4 Å². The average Bonchev–Trinajstić information content (AvgIpc) is 2.24. The second kappa shape index (κ2) is 9.59. The van der Waals surface area contributed by atoms with Gasteiger partial charge in [0, 0.05) is 39.1 Å². The molecule has 0 fully saturated rings. The average molecular weight is 295 g/mol. The van der Waals surface area contributed by atoms with E-state index in [1.165, 1.54) is 4.90 Å². The van der Waals surface area contributed by atoms with Crippen LogP contribution in [-0.4, -0.2) is 55.9 Å². The van der Waals surface area contributed by atoms with Crippen LogP contribution in [0.4, 0.5) is 0 Å². The van der Waals surface area contributed by atoms with Crippen molar-refractivity contribution >= 4 is 27.7 Å². The van der Waals surface area contributed by atoms with E-state index in [0.29, 0.717) is 24.9 Å². The molecule has 0 saturated carbocycles. The molecule has 0 aliphatic rings. The van der Waals surface area contributed by atoms with Crippen LogP contribution < -0.4 is 5.32 Å². The third kappa shape index (κ3) is 7.64. The van der Waals surface area contributed by atoms with Crippen molar-refractivity contribution in [3.05, 3.63) is 0 Å². The number of hydrogen-bond acceptors (Lipinski definition) is 3. The molecule has 0 heterocycles. The van der Waals surface area contributed by atoms with Gasteiger partial charge in [-0.15, -0.1) is 0 Å². The monoisotopic (exact) mass is 294 g/mol. The van der Waals surface area contributed by atoms with E-state index in [1.54, 1.807) is 14.2 Å². The lowest BCUT2D eigenvalue weighted by Gasteiger charge is -2.16. The summed E-state index contributed by atoms with van der Waals surface area (Å²) in [6.45, 7) is 1.31. The van der Waals surface area contributed by atoms with Crippen LogP contribution in [0.1, 0.15) is 12.8 Å². The largest absolute Gasteiger partial charge is 0.385 e. The number of likely N-dealkylation sites (N-methyl/N-ethyl adjacent to an activating group) is 1. The molecule has 0 saturated heterocycles. The number of alkyl halides is 1. The van der Waals surface area contributed by atoms with Gasteiger partial charge in [-0.2, -0.15) is 0 Å². The molecule has 0 spiro atoms. The first kappa shape index (κ1) is 15.4. The van der Waals surface area contributed by atoms with Crippen molar-refractivity contribution in [3.63, 3.8) is 0 Å². The van der Waals surface area contributed by atoms with Crippen molar-refractivity contribution < 1.29 is 14.3 Å². The number of nitrogens with zero attached hydrogens (tertiary/aromatic N) is 1. The van der Waals surface area contributed by atoms with Gasteiger partial charge in [0.05, 0.1) is 6.54 Å². The minimum atomic E-state index is -0.137. The lowest BCUT2D eigenvalue weighted by molar-refractivity contribution is -0.134. The number of ether oxygens (including phenoxy) is 1. The van der Waals surface area contributed by atoms with Gasteiger partial charge in [0.15, 0.2) is 0 Å². The Morgan fingerprint density at radius 1 is 1.44 bits per heavy atom. The summed E-state index contributed by atoms with van der Waals surface area (Å²) in [6.07, 6.45) is 1.19. The fourth-order valence-corrected chi connectivity index (χ4v) is 1.41. The molecule has 0 atom stereocenters. The van der Waals surface area contributed by atoms with Crippen molar-refractivity contribution in [2.24, 2.45) is 0 Å². The van der Waals surface area contributed by atoms with Crippen LogP contribution in [-0.2, 0) is 14.3 Å². The van der Waals surface area contributed by atoms with Gasteiger partial charge in [0.25, 0.3) is 0 Å². The molecule has 16 heavy (non-hydrogen) atoms.